The van der Waals surface area contributed by atoms with Gasteiger partial charge in [-0.3, -0.25) is 4.79 Å². The highest BCUT2D eigenvalue weighted by Crippen LogP contribution is 2.11. The minimum absolute atomic E-state index is 0.0853. The molecule has 0 heterocycles. The number of carbonyl (C=O) groups is 2. The van der Waals surface area contributed by atoms with Crippen LogP contribution in [0.2, 0.25) is 5.02 Å². The average molecular weight is 303 g/mol. The van der Waals surface area contributed by atoms with E-state index >= 15 is 0 Å². The number of urea groups is 1. The van der Waals surface area contributed by atoms with E-state index in [-0.39, 0.29) is 12.3 Å². The van der Waals surface area contributed by atoms with Crippen molar-refractivity contribution in [2.75, 3.05) is 11.9 Å². The van der Waals surface area contributed by atoms with Crippen molar-refractivity contribution in [3.8, 4) is 0 Å². The molecule has 108 valence electrons. The summed E-state index contributed by atoms with van der Waals surface area (Å²) in [7, 11) is 0. The van der Waals surface area contributed by atoms with Crippen molar-refractivity contribution >= 4 is 29.1 Å². The Labute approximate surface area is 128 Å². The van der Waals surface area contributed by atoms with Crippen LogP contribution in [0.4, 0.5) is 10.5 Å². The molecule has 0 saturated carbocycles. The maximum atomic E-state index is 11.9. The molecule has 4 nitrogen and oxygen atoms in total. The maximum absolute atomic E-state index is 11.9. The first-order valence-corrected chi connectivity index (χ1v) is 6.83. The predicted molar refractivity (Wildman–Crippen MR) is 84.0 cm³/mol. The number of hydrogen-bond donors (Lipinski definition) is 2. The number of nitrogens with one attached hydrogen (secondary N) is 2. The average Bonchev–Trinajstić information content (AvgIpc) is 2.45. The molecular weight excluding hydrogens is 288 g/mol. The summed E-state index contributed by atoms with van der Waals surface area (Å²) in [5.41, 5.74) is 2.20. The van der Waals surface area contributed by atoms with Crippen molar-refractivity contribution < 1.29 is 9.59 Å². The van der Waals surface area contributed by atoms with Crippen LogP contribution in [0.1, 0.15) is 15.9 Å². The van der Waals surface area contributed by atoms with Crippen molar-refractivity contribution in [2.24, 2.45) is 0 Å². The molecule has 0 aliphatic carbocycles. The second-order valence-corrected chi connectivity index (χ2v) is 5.05. The number of benzene rings is 2. The fourth-order valence-corrected chi connectivity index (χ4v) is 2.01. The molecule has 0 spiro atoms. The van der Waals surface area contributed by atoms with E-state index < -0.39 is 6.03 Å². The van der Waals surface area contributed by atoms with Crippen LogP contribution in [0.3, 0.4) is 0 Å². The monoisotopic (exact) mass is 302 g/mol. The Kier molecular flexibility index (Phi) is 4.95. The molecule has 2 N–H and O–H groups in total. The van der Waals surface area contributed by atoms with Crippen molar-refractivity contribution in [2.45, 2.75) is 6.92 Å². The molecule has 0 aliphatic rings. The van der Waals surface area contributed by atoms with Gasteiger partial charge in [0.2, 0.25) is 0 Å². The van der Waals surface area contributed by atoms with Gasteiger partial charge in [0.1, 0.15) is 0 Å². The van der Waals surface area contributed by atoms with Gasteiger partial charge in [0.25, 0.3) is 0 Å². The van der Waals surface area contributed by atoms with Crippen LogP contribution < -0.4 is 10.6 Å². The van der Waals surface area contributed by atoms with E-state index in [0.29, 0.717) is 16.3 Å². The predicted octanol–water partition coefficient (Wildman–Crippen LogP) is 3.65. The van der Waals surface area contributed by atoms with Gasteiger partial charge in [0.05, 0.1) is 6.54 Å². The van der Waals surface area contributed by atoms with E-state index in [9.17, 15) is 9.59 Å². The van der Waals surface area contributed by atoms with Crippen LogP contribution in [0, 0.1) is 6.92 Å². The number of halogens is 1. The normalized spacial score (nSPS) is 10.0. The molecule has 2 rings (SSSR count). The molecule has 2 amide bonds. The summed E-state index contributed by atoms with van der Waals surface area (Å²) < 4.78 is 0. The number of hydrogen-bond acceptors (Lipinski definition) is 2. The summed E-state index contributed by atoms with van der Waals surface area (Å²) in [5.74, 6) is -0.197. The zero-order valence-corrected chi connectivity index (χ0v) is 12.3. The first kappa shape index (κ1) is 15.1. The molecule has 0 radical (unpaired) electrons. The molecular formula is C16H15ClN2O2. The largest absolute Gasteiger partial charge is 0.330 e. The van der Waals surface area contributed by atoms with Crippen molar-refractivity contribution in [1.82, 2.24) is 5.32 Å². The fourth-order valence-electron chi connectivity index (χ4n) is 1.82. The number of rotatable bonds is 4. The highest BCUT2D eigenvalue weighted by Gasteiger charge is 2.08. The Bertz CT molecular complexity index is 671. The van der Waals surface area contributed by atoms with Gasteiger partial charge in [-0.15, -0.1) is 0 Å². The molecule has 0 atom stereocenters. The number of ketones is 1. The van der Waals surface area contributed by atoms with Crippen LogP contribution in [0.15, 0.2) is 48.5 Å². The van der Waals surface area contributed by atoms with Gasteiger partial charge in [-0.1, -0.05) is 35.9 Å². The Hall–Kier alpha value is -2.33. The van der Waals surface area contributed by atoms with Crippen LogP contribution in [-0.2, 0) is 0 Å². The standard InChI is InChI=1S/C16H15ClN2O2/c1-11-4-2-7-14(8-11)19-16(21)18-10-15(20)12-5-3-6-13(17)9-12/h2-9H,10H2,1H3,(H2,18,19,21). The number of amides is 2. The molecule has 0 bridgehead atoms. The Morgan fingerprint density at radius 2 is 1.86 bits per heavy atom. The van der Waals surface area contributed by atoms with Gasteiger partial charge in [0.15, 0.2) is 5.78 Å². The summed E-state index contributed by atoms with van der Waals surface area (Å²) in [4.78, 5) is 23.6. The van der Waals surface area contributed by atoms with E-state index in [1.807, 2.05) is 25.1 Å². The van der Waals surface area contributed by atoms with E-state index in [1.54, 1.807) is 30.3 Å². The SMILES string of the molecule is Cc1cccc(NC(=O)NCC(=O)c2cccc(Cl)c2)c1. The van der Waals surface area contributed by atoms with Crippen molar-refractivity contribution in [3.05, 3.63) is 64.7 Å². The molecule has 21 heavy (non-hydrogen) atoms. The molecule has 5 heteroatoms. The van der Waals surface area contributed by atoms with Crippen LogP contribution in [0.5, 0.6) is 0 Å². The van der Waals surface area contributed by atoms with Crippen molar-refractivity contribution in [3.63, 3.8) is 0 Å². The van der Waals surface area contributed by atoms with Crippen LogP contribution in [-0.4, -0.2) is 18.4 Å². The van der Waals surface area contributed by atoms with Crippen LogP contribution >= 0.6 is 11.6 Å². The lowest BCUT2D eigenvalue weighted by molar-refractivity contribution is 0.0993. The number of Topliss-reactive ketones (excluding diaryl/α,β-unsaturated/α-hetero) is 1. The maximum Gasteiger partial charge on any atom is 0.319 e. The van der Waals surface area contributed by atoms with E-state index in [0.717, 1.165) is 5.56 Å². The third-order valence-electron chi connectivity index (χ3n) is 2.83. The van der Waals surface area contributed by atoms with Gasteiger partial charge in [-0.2, -0.15) is 0 Å². The second kappa shape index (κ2) is 6.90. The van der Waals surface area contributed by atoms with E-state index in [1.165, 1.54) is 0 Å². The third-order valence-corrected chi connectivity index (χ3v) is 3.07. The Balaban J connectivity index is 1.88. The second-order valence-electron chi connectivity index (χ2n) is 4.61. The molecule has 0 fully saturated rings. The Morgan fingerprint density at radius 3 is 2.57 bits per heavy atom. The van der Waals surface area contributed by atoms with E-state index in [4.69, 9.17) is 11.6 Å². The molecule has 2 aromatic rings. The summed E-state index contributed by atoms with van der Waals surface area (Å²) in [6.07, 6.45) is 0. The minimum atomic E-state index is -0.420. The van der Waals surface area contributed by atoms with Gasteiger partial charge < -0.3 is 10.6 Å². The first-order valence-electron chi connectivity index (χ1n) is 6.45. The summed E-state index contributed by atoms with van der Waals surface area (Å²) in [5, 5.41) is 5.69. The summed E-state index contributed by atoms with van der Waals surface area (Å²) in [6, 6.07) is 13.6. The summed E-state index contributed by atoms with van der Waals surface area (Å²) in [6.45, 7) is 1.85. The van der Waals surface area contributed by atoms with Gasteiger partial charge >= 0.3 is 6.03 Å². The molecule has 0 saturated heterocycles. The van der Waals surface area contributed by atoms with Gasteiger partial charge in [0, 0.05) is 16.3 Å². The summed E-state index contributed by atoms with van der Waals surface area (Å²) >= 11 is 5.82. The fraction of sp³-hybridized carbons (Fsp3) is 0.125. The zero-order chi connectivity index (χ0) is 15.2. The highest BCUT2D eigenvalue weighted by molar-refractivity contribution is 6.31. The zero-order valence-electron chi connectivity index (χ0n) is 11.5. The van der Waals surface area contributed by atoms with Gasteiger partial charge in [-0.25, -0.2) is 4.79 Å². The first-order chi connectivity index (χ1) is 10.0. The third kappa shape index (κ3) is 4.61. The lowest BCUT2D eigenvalue weighted by Crippen LogP contribution is -2.33. The minimum Gasteiger partial charge on any atom is -0.330 e. The quantitative estimate of drug-likeness (QED) is 0.847. The number of aryl methyl sites for hydroxylation is 1. The van der Waals surface area contributed by atoms with E-state index in [2.05, 4.69) is 10.6 Å². The van der Waals surface area contributed by atoms with Crippen molar-refractivity contribution in [1.29, 1.82) is 0 Å². The lowest BCUT2D eigenvalue weighted by Gasteiger charge is -2.08. The molecule has 0 aromatic heterocycles. The highest BCUT2D eigenvalue weighted by atomic mass is 35.5. The molecule has 2 aromatic carbocycles. The molecule has 0 aliphatic heterocycles. The number of carbonyl (C=O) groups excluding carboxylic acids is 2. The molecule has 0 unspecified atom stereocenters. The lowest BCUT2D eigenvalue weighted by atomic mass is 10.1. The van der Waals surface area contributed by atoms with Gasteiger partial charge in [-0.05, 0) is 36.8 Å². The Morgan fingerprint density at radius 1 is 1.10 bits per heavy atom. The number of anilines is 1. The smallest absolute Gasteiger partial charge is 0.319 e. The van der Waals surface area contributed by atoms with Crippen LogP contribution in [0.25, 0.3) is 0 Å². The topological polar surface area (TPSA) is 58.2 Å².